The Labute approximate surface area is 113 Å². The predicted octanol–water partition coefficient (Wildman–Crippen LogP) is 3.41. The normalized spacial score (nSPS) is 10.5. The average molecular weight is 255 g/mol. The number of hydrogen-bond acceptors (Lipinski definition) is 3. The molecule has 1 heterocycles. The fourth-order valence-electron chi connectivity index (χ4n) is 1.84. The summed E-state index contributed by atoms with van der Waals surface area (Å²) in [7, 11) is 0. The Morgan fingerprint density at radius 3 is 2.74 bits per heavy atom. The van der Waals surface area contributed by atoms with Crippen molar-refractivity contribution in [1.29, 1.82) is 0 Å². The van der Waals surface area contributed by atoms with E-state index in [1.807, 2.05) is 39.0 Å². The molecule has 0 radical (unpaired) electrons. The summed E-state index contributed by atoms with van der Waals surface area (Å²) in [6.45, 7) is 5.82. The van der Waals surface area contributed by atoms with Gasteiger partial charge >= 0.3 is 0 Å². The van der Waals surface area contributed by atoms with E-state index in [1.165, 1.54) is 0 Å². The maximum Gasteiger partial charge on any atom is 0.194 e. The van der Waals surface area contributed by atoms with E-state index in [1.54, 1.807) is 24.5 Å². The summed E-state index contributed by atoms with van der Waals surface area (Å²) in [5, 5.41) is 0. The molecule has 0 fully saturated rings. The first-order chi connectivity index (χ1) is 9.08. The van der Waals surface area contributed by atoms with Gasteiger partial charge in [-0.1, -0.05) is 12.1 Å². The van der Waals surface area contributed by atoms with E-state index >= 15 is 0 Å². The number of hydrogen-bond donors (Lipinski definition) is 0. The van der Waals surface area contributed by atoms with Crippen LogP contribution in [0.25, 0.3) is 0 Å². The molecule has 3 nitrogen and oxygen atoms in total. The van der Waals surface area contributed by atoms with Crippen molar-refractivity contribution in [3.8, 4) is 5.75 Å². The van der Waals surface area contributed by atoms with Crippen LogP contribution in [0.1, 0.15) is 35.3 Å². The zero-order chi connectivity index (χ0) is 13.8. The number of aromatic nitrogens is 1. The van der Waals surface area contributed by atoms with Gasteiger partial charge in [0.2, 0.25) is 0 Å². The van der Waals surface area contributed by atoms with Gasteiger partial charge in [0, 0.05) is 23.5 Å². The maximum atomic E-state index is 12.4. The standard InChI is InChI=1S/C16H17NO2/c1-11(2)19-14-6-4-5-13(9-14)16(18)15-10-17-8-7-12(15)3/h4-11H,1-3H3. The highest BCUT2D eigenvalue weighted by Gasteiger charge is 2.12. The zero-order valence-electron chi connectivity index (χ0n) is 11.4. The predicted molar refractivity (Wildman–Crippen MR) is 74.6 cm³/mol. The van der Waals surface area contributed by atoms with Crippen LogP contribution in [0.3, 0.4) is 0 Å². The third-order valence-corrected chi connectivity index (χ3v) is 2.75. The number of carbonyl (C=O) groups excluding carboxylic acids is 1. The minimum Gasteiger partial charge on any atom is -0.491 e. The first-order valence-electron chi connectivity index (χ1n) is 6.30. The van der Waals surface area contributed by atoms with Crippen molar-refractivity contribution < 1.29 is 9.53 Å². The molecule has 0 aliphatic heterocycles. The second-order valence-corrected chi connectivity index (χ2v) is 4.71. The number of ether oxygens (including phenoxy) is 1. The molecular weight excluding hydrogens is 238 g/mol. The number of ketones is 1. The van der Waals surface area contributed by atoms with Gasteiger partial charge in [-0.3, -0.25) is 9.78 Å². The SMILES string of the molecule is Cc1ccncc1C(=O)c1cccc(OC(C)C)c1. The van der Waals surface area contributed by atoms with Crippen LogP contribution < -0.4 is 4.74 Å². The van der Waals surface area contributed by atoms with Gasteiger partial charge in [0.25, 0.3) is 0 Å². The van der Waals surface area contributed by atoms with E-state index in [9.17, 15) is 4.79 Å². The molecule has 0 saturated carbocycles. The number of aryl methyl sites for hydroxylation is 1. The fourth-order valence-corrected chi connectivity index (χ4v) is 1.84. The Balaban J connectivity index is 2.32. The number of pyridine rings is 1. The van der Waals surface area contributed by atoms with Crippen molar-refractivity contribution in [3.05, 3.63) is 59.4 Å². The molecule has 1 aromatic heterocycles. The van der Waals surface area contributed by atoms with Crippen molar-refractivity contribution in [2.45, 2.75) is 26.9 Å². The van der Waals surface area contributed by atoms with Gasteiger partial charge in [-0.25, -0.2) is 0 Å². The summed E-state index contributed by atoms with van der Waals surface area (Å²) in [4.78, 5) is 16.4. The van der Waals surface area contributed by atoms with Crippen molar-refractivity contribution >= 4 is 5.78 Å². The second-order valence-electron chi connectivity index (χ2n) is 4.71. The largest absolute Gasteiger partial charge is 0.491 e. The van der Waals surface area contributed by atoms with Gasteiger partial charge in [-0.05, 0) is 44.5 Å². The molecule has 0 aliphatic rings. The lowest BCUT2D eigenvalue weighted by Crippen LogP contribution is -2.08. The molecule has 1 aromatic carbocycles. The molecule has 0 unspecified atom stereocenters. The highest BCUT2D eigenvalue weighted by Crippen LogP contribution is 2.18. The second kappa shape index (κ2) is 5.65. The lowest BCUT2D eigenvalue weighted by Gasteiger charge is -2.11. The maximum absolute atomic E-state index is 12.4. The Bertz CT molecular complexity index is 591. The summed E-state index contributed by atoms with van der Waals surface area (Å²) in [5.74, 6) is 0.683. The Morgan fingerprint density at radius 1 is 1.26 bits per heavy atom. The molecule has 0 atom stereocenters. The van der Waals surface area contributed by atoms with Crippen LogP contribution >= 0.6 is 0 Å². The third-order valence-electron chi connectivity index (χ3n) is 2.75. The first-order valence-corrected chi connectivity index (χ1v) is 6.30. The molecule has 0 N–H and O–H groups in total. The first kappa shape index (κ1) is 13.3. The van der Waals surface area contributed by atoms with Gasteiger partial charge in [0.15, 0.2) is 5.78 Å². The van der Waals surface area contributed by atoms with E-state index in [0.717, 1.165) is 5.56 Å². The van der Waals surface area contributed by atoms with Crippen LogP contribution in [0.4, 0.5) is 0 Å². The number of carbonyl (C=O) groups is 1. The topological polar surface area (TPSA) is 39.2 Å². The van der Waals surface area contributed by atoms with Crippen LogP contribution in [0.2, 0.25) is 0 Å². The minimum absolute atomic E-state index is 0.0280. The van der Waals surface area contributed by atoms with Crippen LogP contribution in [0, 0.1) is 6.92 Å². The molecule has 0 bridgehead atoms. The van der Waals surface area contributed by atoms with Crippen molar-refractivity contribution in [1.82, 2.24) is 4.98 Å². The molecule has 0 aliphatic carbocycles. The van der Waals surface area contributed by atoms with Gasteiger partial charge in [-0.2, -0.15) is 0 Å². The van der Waals surface area contributed by atoms with Crippen LogP contribution in [0.15, 0.2) is 42.7 Å². The molecule has 98 valence electrons. The summed E-state index contributed by atoms with van der Waals surface area (Å²) < 4.78 is 5.60. The molecule has 2 rings (SSSR count). The van der Waals surface area contributed by atoms with Gasteiger partial charge < -0.3 is 4.74 Å². The molecule has 19 heavy (non-hydrogen) atoms. The molecule has 0 saturated heterocycles. The summed E-state index contributed by atoms with van der Waals surface area (Å²) >= 11 is 0. The summed E-state index contributed by atoms with van der Waals surface area (Å²) in [5.41, 5.74) is 2.17. The molecule has 3 heteroatoms. The van der Waals surface area contributed by atoms with Gasteiger partial charge in [0.05, 0.1) is 6.10 Å². The lowest BCUT2D eigenvalue weighted by atomic mass is 10.0. The van der Waals surface area contributed by atoms with Crippen molar-refractivity contribution in [3.63, 3.8) is 0 Å². The van der Waals surface area contributed by atoms with Crippen LogP contribution in [-0.2, 0) is 0 Å². The Morgan fingerprint density at radius 2 is 2.05 bits per heavy atom. The lowest BCUT2D eigenvalue weighted by molar-refractivity contribution is 0.103. The number of benzene rings is 1. The summed E-state index contributed by atoms with van der Waals surface area (Å²) in [6, 6.07) is 9.09. The minimum atomic E-state index is -0.0280. The zero-order valence-corrected chi connectivity index (χ0v) is 11.4. The highest BCUT2D eigenvalue weighted by atomic mass is 16.5. The monoisotopic (exact) mass is 255 g/mol. The van der Waals surface area contributed by atoms with Gasteiger partial charge in [-0.15, -0.1) is 0 Å². The smallest absolute Gasteiger partial charge is 0.194 e. The van der Waals surface area contributed by atoms with E-state index in [0.29, 0.717) is 16.9 Å². The fraction of sp³-hybridized carbons (Fsp3) is 0.250. The van der Waals surface area contributed by atoms with E-state index in [4.69, 9.17) is 4.74 Å². The van der Waals surface area contributed by atoms with Crippen molar-refractivity contribution in [2.75, 3.05) is 0 Å². The molecular formula is C16H17NO2. The average Bonchev–Trinajstić information content (AvgIpc) is 2.38. The Hall–Kier alpha value is -2.16. The quantitative estimate of drug-likeness (QED) is 0.786. The molecule has 0 spiro atoms. The van der Waals surface area contributed by atoms with Crippen molar-refractivity contribution in [2.24, 2.45) is 0 Å². The van der Waals surface area contributed by atoms with Crippen LogP contribution in [-0.4, -0.2) is 16.9 Å². The van der Waals surface area contributed by atoms with Gasteiger partial charge in [0.1, 0.15) is 5.75 Å². The van der Waals surface area contributed by atoms with Crippen LogP contribution in [0.5, 0.6) is 5.75 Å². The van der Waals surface area contributed by atoms with E-state index in [2.05, 4.69) is 4.98 Å². The highest BCUT2D eigenvalue weighted by molar-refractivity contribution is 6.09. The molecule has 0 amide bonds. The summed E-state index contributed by atoms with van der Waals surface area (Å²) in [6.07, 6.45) is 3.38. The van der Waals surface area contributed by atoms with E-state index in [-0.39, 0.29) is 11.9 Å². The number of rotatable bonds is 4. The van der Waals surface area contributed by atoms with E-state index < -0.39 is 0 Å². The third kappa shape index (κ3) is 3.19. The Kier molecular flexibility index (Phi) is 3.95. The number of nitrogens with zero attached hydrogens (tertiary/aromatic N) is 1. The molecule has 2 aromatic rings.